The van der Waals surface area contributed by atoms with Crippen molar-refractivity contribution in [1.29, 1.82) is 0 Å². The highest BCUT2D eigenvalue weighted by atomic mass is 32.1. The molecule has 50 valence electrons. The van der Waals surface area contributed by atoms with Gasteiger partial charge >= 0.3 is 0 Å². The van der Waals surface area contributed by atoms with Crippen LogP contribution >= 0.6 is 12.6 Å². The summed E-state index contributed by atoms with van der Waals surface area (Å²) in [5.74, 6) is 0.576. The van der Waals surface area contributed by atoms with Gasteiger partial charge in [0, 0.05) is 12.4 Å². The summed E-state index contributed by atoms with van der Waals surface area (Å²) in [7, 11) is 0. The normalized spacial score (nSPS) is 10.5. The molecule has 2 aromatic heterocycles. The first-order chi connectivity index (χ1) is 4.88. The molecule has 2 rings (SSSR count). The minimum absolute atomic E-state index is 0.558. The summed E-state index contributed by atoms with van der Waals surface area (Å²) >= 11 is 4.05. The Labute approximate surface area is 62.3 Å². The lowest BCUT2D eigenvalue weighted by molar-refractivity contribution is 0.925. The first kappa shape index (κ1) is 5.67. The molecule has 0 aliphatic heterocycles. The molecule has 10 heavy (non-hydrogen) atoms. The molecule has 0 saturated heterocycles. The topological polar surface area (TPSA) is 43.1 Å². The fraction of sp³-hybridized carbons (Fsp3) is 0. The van der Waals surface area contributed by atoms with E-state index in [0.717, 1.165) is 0 Å². The minimum atomic E-state index is 0.558. The van der Waals surface area contributed by atoms with Crippen molar-refractivity contribution < 1.29 is 0 Å². The molecule has 0 radical (unpaired) electrons. The molecule has 0 aromatic carbocycles. The molecule has 0 bridgehead atoms. The Morgan fingerprint density at radius 1 is 1.40 bits per heavy atom. The highest BCUT2D eigenvalue weighted by molar-refractivity contribution is 7.80. The van der Waals surface area contributed by atoms with E-state index in [0.29, 0.717) is 10.9 Å². The zero-order chi connectivity index (χ0) is 6.97. The third-order valence-corrected chi connectivity index (χ3v) is 1.48. The monoisotopic (exact) mass is 152 g/mol. The molecule has 0 N–H and O–H groups in total. The Kier molecular flexibility index (Phi) is 1.10. The lowest BCUT2D eigenvalue weighted by Crippen LogP contribution is -1.85. The second kappa shape index (κ2) is 1.95. The summed E-state index contributed by atoms with van der Waals surface area (Å²) in [6.07, 6.45) is 3.47. The molecule has 5 heteroatoms. The third-order valence-electron chi connectivity index (χ3n) is 1.17. The van der Waals surface area contributed by atoms with Crippen molar-refractivity contribution in [3.63, 3.8) is 0 Å². The molecule has 0 amide bonds. The van der Waals surface area contributed by atoms with Crippen LogP contribution in [0.2, 0.25) is 0 Å². The average Bonchev–Trinajstić information content (AvgIpc) is 2.34. The minimum Gasteiger partial charge on any atom is -0.262 e. The van der Waals surface area contributed by atoms with Gasteiger partial charge < -0.3 is 0 Å². The van der Waals surface area contributed by atoms with Crippen molar-refractivity contribution in [2.75, 3.05) is 0 Å². The maximum atomic E-state index is 4.05. The number of rotatable bonds is 0. The maximum Gasteiger partial charge on any atom is 0.255 e. The molecule has 0 spiro atoms. The van der Waals surface area contributed by atoms with Crippen molar-refractivity contribution in [2.24, 2.45) is 0 Å². The van der Waals surface area contributed by atoms with Crippen molar-refractivity contribution >= 4 is 18.4 Å². The van der Waals surface area contributed by atoms with Gasteiger partial charge in [-0.25, -0.2) is 4.98 Å². The van der Waals surface area contributed by atoms with Crippen molar-refractivity contribution in [1.82, 2.24) is 19.6 Å². The van der Waals surface area contributed by atoms with Gasteiger partial charge in [-0.05, 0) is 6.07 Å². The summed E-state index contributed by atoms with van der Waals surface area (Å²) in [6.45, 7) is 0. The molecule has 0 fully saturated rings. The van der Waals surface area contributed by atoms with Crippen molar-refractivity contribution in [2.45, 2.75) is 5.16 Å². The highest BCUT2D eigenvalue weighted by Gasteiger charge is 1.97. The van der Waals surface area contributed by atoms with Gasteiger partial charge in [0.05, 0.1) is 0 Å². The van der Waals surface area contributed by atoms with Gasteiger partial charge in [-0.2, -0.15) is 0 Å². The Hall–Kier alpha value is -1.10. The van der Waals surface area contributed by atoms with E-state index >= 15 is 0 Å². The molecule has 0 aliphatic rings. The Morgan fingerprint density at radius 2 is 2.30 bits per heavy atom. The van der Waals surface area contributed by atoms with Crippen LogP contribution in [0.1, 0.15) is 0 Å². The number of fused-ring (bicyclic) bond motifs is 1. The fourth-order valence-corrected chi connectivity index (χ4v) is 0.932. The maximum absolute atomic E-state index is 4.05. The standard InChI is InChI=1S/C5H4N4S/c10-5-8-7-4-6-2-1-3-9(4)5/h1-3H,(H,8,10). The van der Waals surface area contributed by atoms with E-state index in [2.05, 4.69) is 27.8 Å². The van der Waals surface area contributed by atoms with E-state index in [9.17, 15) is 0 Å². The summed E-state index contributed by atoms with van der Waals surface area (Å²) in [4.78, 5) is 3.94. The van der Waals surface area contributed by atoms with Gasteiger partial charge in [-0.3, -0.25) is 4.40 Å². The van der Waals surface area contributed by atoms with E-state index < -0.39 is 0 Å². The van der Waals surface area contributed by atoms with Crippen LogP contribution in [-0.4, -0.2) is 19.6 Å². The van der Waals surface area contributed by atoms with Gasteiger partial charge in [0.2, 0.25) is 0 Å². The number of hydrogen-bond acceptors (Lipinski definition) is 4. The van der Waals surface area contributed by atoms with E-state index in [-0.39, 0.29) is 0 Å². The van der Waals surface area contributed by atoms with Crippen molar-refractivity contribution in [3.05, 3.63) is 18.5 Å². The summed E-state index contributed by atoms with van der Waals surface area (Å²) < 4.78 is 1.70. The molecule has 0 atom stereocenters. The van der Waals surface area contributed by atoms with Gasteiger partial charge in [-0.1, -0.05) is 0 Å². The van der Waals surface area contributed by atoms with Gasteiger partial charge in [0.1, 0.15) is 0 Å². The van der Waals surface area contributed by atoms with Crippen LogP contribution in [0.3, 0.4) is 0 Å². The van der Waals surface area contributed by atoms with Crippen LogP contribution in [0.15, 0.2) is 23.6 Å². The Bertz CT molecular complexity index is 355. The average molecular weight is 152 g/mol. The molecule has 2 heterocycles. The van der Waals surface area contributed by atoms with E-state index in [4.69, 9.17) is 0 Å². The summed E-state index contributed by atoms with van der Waals surface area (Å²) in [6, 6.07) is 1.80. The largest absolute Gasteiger partial charge is 0.262 e. The first-order valence-electron chi connectivity index (χ1n) is 2.72. The second-order valence-electron chi connectivity index (χ2n) is 1.79. The van der Waals surface area contributed by atoms with E-state index in [1.807, 2.05) is 6.20 Å². The first-order valence-corrected chi connectivity index (χ1v) is 3.17. The fourth-order valence-electron chi connectivity index (χ4n) is 0.731. The molecular formula is C5H4N4S. The van der Waals surface area contributed by atoms with Crippen LogP contribution in [0.4, 0.5) is 0 Å². The third kappa shape index (κ3) is 0.672. The zero-order valence-electron chi connectivity index (χ0n) is 4.97. The van der Waals surface area contributed by atoms with Gasteiger partial charge in [-0.15, -0.1) is 22.8 Å². The van der Waals surface area contributed by atoms with Crippen LogP contribution in [0, 0.1) is 0 Å². The Morgan fingerprint density at radius 3 is 3.10 bits per heavy atom. The molecule has 0 unspecified atom stereocenters. The van der Waals surface area contributed by atoms with Crippen LogP contribution < -0.4 is 0 Å². The quantitative estimate of drug-likeness (QED) is 0.556. The molecular weight excluding hydrogens is 148 g/mol. The highest BCUT2D eigenvalue weighted by Crippen LogP contribution is 2.01. The van der Waals surface area contributed by atoms with Crippen LogP contribution in [-0.2, 0) is 0 Å². The molecule has 4 nitrogen and oxygen atoms in total. The molecule has 0 aliphatic carbocycles. The van der Waals surface area contributed by atoms with E-state index in [1.165, 1.54) is 0 Å². The van der Waals surface area contributed by atoms with Crippen molar-refractivity contribution in [3.8, 4) is 0 Å². The number of hydrogen-bond donors (Lipinski definition) is 1. The predicted octanol–water partition coefficient (Wildman–Crippen LogP) is 0.413. The number of thiol groups is 1. The zero-order valence-corrected chi connectivity index (χ0v) is 5.86. The lowest BCUT2D eigenvalue weighted by atomic mass is 10.7. The number of aromatic nitrogens is 4. The van der Waals surface area contributed by atoms with Crippen LogP contribution in [0.5, 0.6) is 0 Å². The summed E-state index contributed by atoms with van der Waals surface area (Å²) in [5.41, 5.74) is 0. The lowest BCUT2D eigenvalue weighted by Gasteiger charge is -1.87. The van der Waals surface area contributed by atoms with E-state index in [1.54, 1.807) is 16.7 Å². The van der Waals surface area contributed by atoms with Gasteiger partial charge in [0.15, 0.2) is 5.16 Å². The van der Waals surface area contributed by atoms with Gasteiger partial charge in [0.25, 0.3) is 5.78 Å². The SMILES string of the molecule is Sc1nnc2ncccn12. The second-order valence-corrected chi connectivity index (χ2v) is 2.19. The molecule has 0 saturated carbocycles. The smallest absolute Gasteiger partial charge is 0.255 e. The molecule has 2 aromatic rings. The number of nitrogens with zero attached hydrogens (tertiary/aromatic N) is 4. The van der Waals surface area contributed by atoms with Crippen LogP contribution in [0.25, 0.3) is 5.78 Å². The predicted molar refractivity (Wildman–Crippen MR) is 38.0 cm³/mol. The summed E-state index contributed by atoms with van der Waals surface area (Å²) in [5, 5.41) is 8.01. The Balaban J connectivity index is 2.93.